The zero-order valence-electron chi connectivity index (χ0n) is 16.9. The van der Waals surface area contributed by atoms with Crippen molar-refractivity contribution in [1.82, 2.24) is 10.6 Å². The standard InChI is InChI=1S/C20H31Cl2N3O2.HI/c1-20(2,16-5-6-17(21)18(22)11-16)14-25-19(23-3)24-8-4-9-26-12-15-7-10-27-13-15;/h5-6,11,15H,4,7-10,12-14H2,1-3H3,(H2,23,24,25);1H. The third-order valence-corrected chi connectivity index (χ3v) is 5.50. The van der Waals surface area contributed by atoms with Gasteiger partial charge >= 0.3 is 0 Å². The van der Waals surface area contributed by atoms with Gasteiger partial charge in [0.15, 0.2) is 5.96 Å². The summed E-state index contributed by atoms with van der Waals surface area (Å²) in [5.74, 6) is 1.35. The maximum atomic E-state index is 6.15. The number of benzene rings is 1. The zero-order chi connectivity index (χ0) is 19.7. The molecule has 0 amide bonds. The number of nitrogens with one attached hydrogen (secondary N) is 2. The number of guanidine groups is 1. The van der Waals surface area contributed by atoms with Crippen LogP contribution in [0.5, 0.6) is 0 Å². The van der Waals surface area contributed by atoms with E-state index in [-0.39, 0.29) is 29.4 Å². The molecule has 1 aliphatic rings. The second-order valence-corrected chi connectivity index (χ2v) is 8.34. The Bertz CT molecular complexity index is 623. The lowest BCUT2D eigenvalue weighted by Gasteiger charge is -2.27. The summed E-state index contributed by atoms with van der Waals surface area (Å²) in [5, 5.41) is 7.86. The molecule has 1 atom stereocenters. The maximum Gasteiger partial charge on any atom is 0.191 e. The van der Waals surface area contributed by atoms with E-state index in [4.69, 9.17) is 32.7 Å². The van der Waals surface area contributed by atoms with Crippen molar-refractivity contribution in [3.8, 4) is 0 Å². The van der Waals surface area contributed by atoms with Crippen molar-refractivity contribution < 1.29 is 9.47 Å². The Kier molecular flexibility index (Phi) is 12.1. The zero-order valence-corrected chi connectivity index (χ0v) is 20.7. The SMILES string of the molecule is CN=C(NCCCOCC1CCOC1)NCC(C)(C)c1ccc(Cl)c(Cl)c1.I. The van der Waals surface area contributed by atoms with Crippen LogP contribution in [-0.4, -0.2) is 52.5 Å². The Morgan fingerprint density at radius 1 is 1.29 bits per heavy atom. The summed E-state index contributed by atoms with van der Waals surface area (Å²) in [6.07, 6.45) is 2.05. The Labute approximate surface area is 196 Å². The number of nitrogens with zero attached hydrogens (tertiary/aromatic N) is 1. The first-order valence-corrected chi connectivity index (χ1v) is 10.2. The molecule has 1 heterocycles. The first-order valence-electron chi connectivity index (χ1n) is 9.48. The van der Waals surface area contributed by atoms with Crippen LogP contribution in [0.15, 0.2) is 23.2 Å². The van der Waals surface area contributed by atoms with Crippen molar-refractivity contribution in [2.24, 2.45) is 10.9 Å². The van der Waals surface area contributed by atoms with Crippen LogP contribution in [0.3, 0.4) is 0 Å². The predicted octanol–water partition coefficient (Wildman–Crippen LogP) is 4.50. The van der Waals surface area contributed by atoms with Crippen molar-refractivity contribution in [3.63, 3.8) is 0 Å². The summed E-state index contributed by atoms with van der Waals surface area (Å²) >= 11 is 12.2. The lowest BCUT2D eigenvalue weighted by Crippen LogP contribution is -2.43. The quantitative estimate of drug-likeness (QED) is 0.208. The van der Waals surface area contributed by atoms with Gasteiger partial charge in [0.1, 0.15) is 0 Å². The molecule has 1 aliphatic heterocycles. The van der Waals surface area contributed by atoms with E-state index in [1.54, 1.807) is 7.05 Å². The summed E-state index contributed by atoms with van der Waals surface area (Å²) < 4.78 is 11.1. The molecular weight excluding hydrogens is 512 g/mol. The van der Waals surface area contributed by atoms with Crippen LogP contribution < -0.4 is 10.6 Å². The second-order valence-electron chi connectivity index (χ2n) is 7.52. The van der Waals surface area contributed by atoms with Crippen LogP contribution in [0, 0.1) is 5.92 Å². The van der Waals surface area contributed by atoms with Gasteiger partial charge in [0, 0.05) is 44.7 Å². The van der Waals surface area contributed by atoms with E-state index in [0.717, 1.165) is 63.9 Å². The van der Waals surface area contributed by atoms with Gasteiger partial charge in [-0.1, -0.05) is 43.1 Å². The van der Waals surface area contributed by atoms with Crippen LogP contribution in [0.4, 0.5) is 0 Å². The van der Waals surface area contributed by atoms with E-state index < -0.39 is 0 Å². The second kappa shape index (κ2) is 13.1. The molecular formula is C20H32Cl2IN3O2. The highest BCUT2D eigenvalue weighted by atomic mass is 127. The Balaban J connectivity index is 0.00000392. The Morgan fingerprint density at radius 2 is 2.07 bits per heavy atom. The van der Waals surface area contributed by atoms with Crippen molar-refractivity contribution in [2.45, 2.75) is 32.1 Å². The van der Waals surface area contributed by atoms with Gasteiger partial charge in [-0.2, -0.15) is 0 Å². The van der Waals surface area contributed by atoms with E-state index in [2.05, 4.69) is 29.5 Å². The minimum atomic E-state index is -0.113. The summed E-state index contributed by atoms with van der Waals surface area (Å²) in [6.45, 7) is 9.11. The van der Waals surface area contributed by atoms with Crippen LogP contribution in [0.2, 0.25) is 10.0 Å². The van der Waals surface area contributed by atoms with E-state index >= 15 is 0 Å². The highest BCUT2D eigenvalue weighted by Crippen LogP contribution is 2.29. The van der Waals surface area contributed by atoms with Crippen molar-refractivity contribution >= 4 is 53.1 Å². The van der Waals surface area contributed by atoms with Crippen LogP contribution in [0.25, 0.3) is 0 Å². The largest absolute Gasteiger partial charge is 0.381 e. The first-order chi connectivity index (χ1) is 12.9. The molecule has 1 unspecified atom stereocenters. The smallest absolute Gasteiger partial charge is 0.191 e. The normalized spacial score (nSPS) is 17.3. The van der Waals surface area contributed by atoms with E-state index in [0.29, 0.717) is 16.0 Å². The number of ether oxygens (including phenoxy) is 2. The van der Waals surface area contributed by atoms with Gasteiger partial charge in [-0.25, -0.2) is 0 Å². The highest BCUT2D eigenvalue weighted by Gasteiger charge is 2.22. The maximum absolute atomic E-state index is 6.15. The third-order valence-electron chi connectivity index (χ3n) is 4.76. The van der Waals surface area contributed by atoms with Gasteiger partial charge in [0.05, 0.1) is 23.3 Å². The lowest BCUT2D eigenvalue weighted by molar-refractivity contribution is 0.0888. The van der Waals surface area contributed by atoms with Crippen LogP contribution >= 0.6 is 47.2 Å². The number of hydrogen-bond donors (Lipinski definition) is 2. The van der Waals surface area contributed by atoms with Crippen molar-refractivity contribution in [1.29, 1.82) is 0 Å². The van der Waals surface area contributed by atoms with E-state index in [9.17, 15) is 0 Å². The lowest BCUT2D eigenvalue weighted by atomic mass is 9.84. The van der Waals surface area contributed by atoms with Crippen LogP contribution in [0.1, 0.15) is 32.3 Å². The van der Waals surface area contributed by atoms with E-state index in [1.165, 1.54) is 0 Å². The predicted molar refractivity (Wildman–Crippen MR) is 129 cm³/mol. The summed E-state index contributed by atoms with van der Waals surface area (Å²) in [7, 11) is 1.78. The van der Waals surface area contributed by atoms with Crippen molar-refractivity contribution in [3.05, 3.63) is 33.8 Å². The molecule has 0 bridgehead atoms. The fourth-order valence-electron chi connectivity index (χ4n) is 2.89. The molecule has 0 aromatic heterocycles. The van der Waals surface area contributed by atoms with Gasteiger partial charge in [0.25, 0.3) is 0 Å². The fourth-order valence-corrected chi connectivity index (χ4v) is 3.19. The van der Waals surface area contributed by atoms with Gasteiger partial charge in [-0.15, -0.1) is 24.0 Å². The number of halogens is 3. The minimum Gasteiger partial charge on any atom is -0.381 e. The fraction of sp³-hybridized carbons (Fsp3) is 0.650. The number of hydrogen-bond acceptors (Lipinski definition) is 3. The van der Waals surface area contributed by atoms with Gasteiger partial charge < -0.3 is 20.1 Å². The Hall–Kier alpha value is -0.280. The average molecular weight is 544 g/mol. The molecule has 1 aromatic rings. The molecule has 2 rings (SSSR count). The molecule has 28 heavy (non-hydrogen) atoms. The third kappa shape index (κ3) is 8.61. The van der Waals surface area contributed by atoms with Crippen LogP contribution in [-0.2, 0) is 14.9 Å². The average Bonchev–Trinajstić information content (AvgIpc) is 3.16. The molecule has 1 saturated heterocycles. The molecule has 1 fully saturated rings. The monoisotopic (exact) mass is 543 g/mol. The molecule has 0 spiro atoms. The minimum absolute atomic E-state index is 0. The molecule has 5 nitrogen and oxygen atoms in total. The summed E-state index contributed by atoms with van der Waals surface area (Å²) in [4.78, 5) is 4.29. The molecule has 0 aliphatic carbocycles. The number of aliphatic imine (C=N–C) groups is 1. The Morgan fingerprint density at radius 3 is 2.71 bits per heavy atom. The molecule has 160 valence electrons. The summed E-state index contributed by atoms with van der Waals surface area (Å²) in [6, 6.07) is 5.78. The van der Waals surface area contributed by atoms with Gasteiger partial charge in [0.2, 0.25) is 0 Å². The first kappa shape index (κ1) is 25.8. The molecule has 0 saturated carbocycles. The van der Waals surface area contributed by atoms with Crippen molar-refractivity contribution in [2.75, 3.05) is 46.6 Å². The molecule has 0 radical (unpaired) electrons. The molecule has 8 heteroatoms. The topological polar surface area (TPSA) is 54.9 Å². The highest BCUT2D eigenvalue weighted by molar-refractivity contribution is 14.0. The molecule has 1 aromatic carbocycles. The van der Waals surface area contributed by atoms with Gasteiger partial charge in [-0.3, -0.25) is 4.99 Å². The van der Waals surface area contributed by atoms with E-state index in [1.807, 2.05) is 18.2 Å². The van der Waals surface area contributed by atoms with Gasteiger partial charge in [-0.05, 0) is 30.5 Å². The molecule has 2 N–H and O–H groups in total. The summed E-state index contributed by atoms with van der Waals surface area (Å²) in [5.41, 5.74) is 1.02. The number of rotatable bonds is 9.